The Balaban J connectivity index is 4.44. The van der Waals surface area contributed by atoms with Crippen LogP contribution in [-0.2, 0) is 9.22 Å². The first kappa shape index (κ1) is 13.6. The van der Waals surface area contributed by atoms with E-state index in [4.69, 9.17) is 10.3 Å². The van der Waals surface area contributed by atoms with E-state index >= 15 is 0 Å². The van der Waals surface area contributed by atoms with Crippen LogP contribution in [0.2, 0.25) is 18.1 Å². The number of hydrogen-bond donors (Lipinski definition) is 2. The molecular formula is C9H22N2O2Si. The van der Waals surface area contributed by atoms with Gasteiger partial charge in [-0.1, -0.05) is 20.8 Å². The molecule has 14 heavy (non-hydrogen) atoms. The Labute approximate surface area is 87.3 Å². The Kier molecular flexibility index (Phi) is 4.29. The van der Waals surface area contributed by atoms with Crippen LogP contribution in [0, 0.1) is 0 Å². The highest BCUT2D eigenvalue weighted by Gasteiger charge is 2.39. The number of carbonyl (C=O) groups is 1. The summed E-state index contributed by atoms with van der Waals surface area (Å²) in [5, 5.41) is 0.107. The molecule has 0 rings (SSSR count). The Morgan fingerprint density at radius 3 is 2.14 bits per heavy atom. The number of rotatable bonds is 3. The third-order valence-electron chi connectivity index (χ3n) is 2.79. The number of hydrogen-bond acceptors (Lipinski definition) is 3. The van der Waals surface area contributed by atoms with E-state index in [0.29, 0.717) is 0 Å². The van der Waals surface area contributed by atoms with Gasteiger partial charge in [0.05, 0.1) is 0 Å². The van der Waals surface area contributed by atoms with Crippen LogP contribution in [0.4, 0.5) is 0 Å². The molecule has 0 bridgehead atoms. The van der Waals surface area contributed by atoms with Gasteiger partial charge in [0.25, 0.3) is 5.91 Å². The molecule has 1 atom stereocenters. The third kappa shape index (κ3) is 3.40. The lowest BCUT2D eigenvalue weighted by Crippen LogP contribution is -2.48. The van der Waals surface area contributed by atoms with Crippen LogP contribution in [0.1, 0.15) is 27.7 Å². The summed E-state index contributed by atoms with van der Waals surface area (Å²) in [6.07, 6.45) is -0.471. The average Bonchev–Trinajstić information content (AvgIpc) is 2.00. The van der Waals surface area contributed by atoms with Gasteiger partial charge in [-0.05, 0) is 25.1 Å². The predicted molar refractivity (Wildman–Crippen MR) is 60.1 cm³/mol. The molecule has 0 aromatic carbocycles. The van der Waals surface area contributed by atoms with Crippen LogP contribution in [0.3, 0.4) is 0 Å². The molecule has 0 aromatic heterocycles. The van der Waals surface area contributed by atoms with Crippen LogP contribution in [-0.4, -0.2) is 20.3 Å². The molecule has 0 heterocycles. The predicted octanol–water partition coefficient (Wildman–Crippen LogP) is 1.39. The highest BCUT2D eigenvalue weighted by molar-refractivity contribution is 6.74. The van der Waals surface area contributed by atoms with Crippen molar-refractivity contribution in [2.24, 2.45) is 5.84 Å². The van der Waals surface area contributed by atoms with Crippen molar-refractivity contribution >= 4 is 14.2 Å². The molecule has 0 unspecified atom stereocenters. The first-order valence-corrected chi connectivity index (χ1v) is 7.71. The van der Waals surface area contributed by atoms with E-state index in [9.17, 15) is 4.79 Å². The van der Waals surface area contributed by atoms with E-state index in [0.717, 1.165) is 0 Å². The molecule has 0 aromatic rings. The van der Waals surface area contributed by atoms with Crippen LogP contribution in [0.15, 0.2) is 0 Å². The fraction of sp³-hybridized carbons (Fsp3) is 0.889. The highest BCUT2D eigenvalue weighted by atomic mass is 28.4. The van der Waals surface area contributed by atoms with Crippen molar-refractivity contribution in [1.29, 1.82) is 0 Å². The summed E-state index contributed by atoms with van der Waals surface area (Å²) in [5.74, 6) is 4.77. The zero-order valence-corrected chi connectivity index (χ0v) is 11.0. The minimum absolute atomic E-state index is 0.107. The summed E-state index contributed by atoms with van der Waals surface area (Å²) in [6, 6.07) is 0. The Morgan fingerprint density at radius 2 is 1.86 bits per heavy atom. The SMILES string of the molecule is C[C@@H](O[Si](C)(C)C(C)(C)C)C(=O)NN. The largest absolute Gasteiger partial charge is 0.405 e. The molecule has 4 nitrogen and oxygen atoms in total. The number of nitrogens with one attached hydrogen (secondary N) is 1. The van der Waals surface area contributed by atoms with Gasteiger partial charge < -0.3 is 4.43 Å². The summed E-state index contributed by atoms with van der Waals surface area (Å²) >= 11 is 0. The minimum atomic E-state index is -1.86. The second-order valence-electron chi connectivity index (χ2n) is 5.03. The Bertz CT molecular complexity index is 211. The normalized spacial score (nSPS) is 15.1. The van der Waals surface area contributed by atoms with E-state index in [2.05, 4.69) is 39.3 Å². The van der Waals surface area contributed by atoms with Crippen LogP contribution in [0.5, 0.6) is 0 Å². The number of carbonyl (C=O) groups excluding carboxylic acids is 1. The summed E-state index contributed by atoms with van der Waals surface area (Å²) < 4.78 is 5.80. The van der Waals surface area contributed by atoms with E-state index in [1.807, 2.05) is 0 Å². The molecule has 84 valence electrons. The quantitative estimate of drug-likeness (QED) is 0.325. The van der Waals surface area contributed by atoms with Crippen molar-refractivity contribution in [3.8, 4) is 0 Å². The molecule has 3 N–H and O–H groups in total. The second-order valence-corrected chi connectivity index (χ2v) is 9.79. The van der Waals surface area contributed by atoms with Gasteiger partial charge >= 0.3 is 0 Å². The maximum Gasteiger partial charge on any atom is 0.261 e. The second kappa shape index (κ2) is 4.42. The van der Waals surface area contributed by atoms with Gasteiger partial charge in [-0.15, -0.1) is 0 Å². The number of nitrogens with two attached hydrogens (primary N) is 1. The van der Waals surface area contributed by atoms with Crippen LogP contribution >= 0.6 is 0 Å². The maximum atomic E-state index is 11.2. The fourth-order valence-electron chi connectivity index (χ4n) is 0.790. The van der Waals surface area contributed by atoms with E-state index in [-0.39, 0.29) is 10.9 Å². The molecule has 0 aliphatic carbocycles. The van der Waals surface area contributed by atoms with Crippen molar-refractivity contribution < 1.29 is 9.22 Å². The van der Waals surface area contributed by atoms with E-state index in [1.54, 1.807) is 6.92 Å². The zero-order valence-electron chi connectivity index (χ0n) is 9.97. The molecule has 1 amide bonds. The lowest BCUT2D eigenvalue weighted by molar-refractivity contribution is -0.127. The van der Waals surface area contributed by atoms with Gasteiger partial charge in [0.2, 0.25) is 0 Å². The minimum Gasteiger partial charge on any atom is -0.405 e. The molecule has 0 spiro atoms. The first-order valence-electron chi connectivity index (χ1n) is 4.80. The van der Waals surface area contributed by atoms with Gasteiger partial charge in [0.15, 0.2) is 8.32 Å². The zero-order chi connectivity index (χ0) is 11.6. The summed E-state index contributed by atoms with van der Waals surface area (Å²) in [4.78, 5) is 11.2. The number of amides is 1. The molecule has 0 saturated carbocycles. The topological polar surface area (TPSA) is 64.3 Å². The van der Waals surface area contributed by atoms with E-state index < -0.39 is 14.4 Å². The molecule has 0 saturated heterocycles. The highest BCUT2D eigenvalue weighted by Crippen LogP contribution is 2.37. The smallest absolute Gasteiger partial charge is 0.261 e. The van der Waals surface area contributed by atoms with Gasteiger partial charge in [0.1, 0.15) is 6.10 Å². The summed E-state index contributed by atoms with van der Waals surface area (Å²) in [5.41, 5.74) is 2.10. The van der Waals surface area contributed by atoms with Crippen LogP contribution in [0.25, 0.3) is 0 Å². The molecule has 0 radical (unpaired) electrons. The standard InChI is InChI=1S/C9H22N2O2Si/c1-7(8(12)11-10)13-14(5,6)9(2,3)4/h7H,10H2,1-6H3,(H,11,12)/t7-/m1/s1. The van der Waals surface area contributed by atoms with Crippen molar-refractivity contribution in [3.05, 3.63) is 0 Å². The van der Waals surface area contributed by atoms with Gasteiger partial charge in [-0.25, -0.2) is 5.84 Å². The van der Waals surface area contributed by atoms with Crippen molar-refractivity contribution in [1.82, 2.24) is 5.43 Å². The first-order chi connectivity index (χ1) is 6.12. The lowest BCUT2D eigenvalue weighted by Gasteiger charge is -2.37. The molecule has 0 aliphatic rings. The van der Waals surface area contributed by atoms with Gasteiger partial charge in [-0.2, -0.15) is 0 Å². The number of hydrazine groups is 1. The summed E-state index contributed by atoms with van der Waals surface area (Å²) in [6.45, 7) is 12.3. The van der Waals surface area contributed by atoms with Crippen molar-refractivity contribution in [3.63, 3.8) is 0 Å². The van der Waals surface area contributed by atoms with Crippen molar-refractivity contribution in [2.45, 2.75) is 51.9 Å². The Morgan fingerprint density at radius 1 is 1.43 bits per heavy atom. The van der Waals surface area contributed by atoms with Crippen molar-refractivity contribution in [2.75, 3.05) is 0 Å². The third-order valence-corrected chi connectivity index (χ3v) is 7.34. The van der Waals surface area contributed by atoms with E-state index in [1.165, 1.54) is 0 Å². The fourth-order valence-corrected chi connectivity index (χ4v) is 2.13. The summed E-state index contributed by atoms with van der Waals surface area (Å²) in [7, 11) is -1.86. The molecule has 5 heteroatoms. The van der Waals surface area contributed by atoms with Gasteiger partial charge in [-0.3, -0.25) is 10.2 Å². The lowest BCUT2D eigenvalue weighted by atomic mass is 10.2. The molecular weight excluding hydrogens is 196 g/mol. The monoisotopic (exact) mass is 218 g/mol. The molecule has 0 fully saturated rings. The van der Waals surface area contributed by atoms with Crippen LogP contribution < -0.4 is 11.3 Å². The molecule has 0 aliphatic heterocycles. The maximum absolute atomic E-state index is 11.2. The Hall–Kier alpha value is -0.393. The average molecular weight is 218 g/mol. The van der Waals surface area contributed by atoms with Gasteiger partial charge in [0, 0.05) is 0 Å².